The zero-order chi connectivity index (χ0) is 19.0. The lowest BCUT2D eigenvalue weighted by molar-refractivity contribution is 0.0959. The maximum atomic E-state index is 12.8. The fourth-order valence-electron chi connectivity index (χ4n) is 3.13. The van der Waals surface area contributed by atoms with Gasteiger partial charge in [0.25, 0.3) is 0 Å². The van der Waals surface area contributed by atoms with Crippen molar-refractivity contribution >= 4 is 34.8 Å². The first-order valence-electron chi connectivity index (χ1n) is 8.31. The molecule has 6 heteroatoms. The number of hydrogen-bond donors (Lipinski definition) is 0. The van der Waals surface area contributed by atoms with Crippen LogP contribution in [0.25, 0.3) is 0 Å². The highest BCUT2D eigenvalue weighted by Gasteiger charge is 2.36. The van der Waals surface area contributed by atoms with Crippen molar-refractivity contribution in [1.29, 1.82) is 0 Å². The van der Waals surface area contributed by atoms with Gasteiger partial charge in [-0.1, -0.05) is 42.6 Å². The summed E-state index contributed by atoms with van der Waals surface area (Å²) in [7, 11) is 1.55. The Morgan fingerprint density at radius 2 is 1.88 bits per heavy atom. The predicted octanol–water partition coefficient (Wildman–Crippen LogP) is 5.51. The van der Waals surface area contributed by atoms with Crippen LogP contribution in [0.5, 0.6) is 5.75 Å². The van der Waals surface area contributed by atoms with E-state index in [1.165, 1.54) is 0 Å². The van der Waals surface area contributed by atoms with Gasteiger partial charge in [-0.2, -0.15) is 0 Å². The smallest absolute Gasteiger partial charge is 0.240 e. The van der Waals surface area contributed by atoms with Crippen molar-refractivity contribution in [3.05, 3.63) is 62.0 Å². The standard InChI is InChI=1S/C20H18Cl2O4/c1-4-5-12-17(22)19(24)20-16(18(12)23)10(2)15(26-20)9-11-6-7-14(25-3)13(21)8-11/h6-8H,4-5,9H2,1-3H3. The van der Waals surface area contributed by atoms with Crippen LogP contribution in [-0.4, -0.2) is 18.7 Å². The van der Waals surface area contributed by atoms with E-state index in [1.54, 1.807) is 26.2 Å². The molecular formula is C20H18Cl2O4. The number of carbonyl (C=O) groups is 2. The van der Waals surface area contributed by atoms with E-state index in [9.17, 15) is 9.59 Å². The lowest BCUT2D eigenvalue weighted by atomic mass is 9.89. The third kappa shape index (κ3) is 3.08. The molecule has 3 rings (SSSR count). The van der Waals surface area contributed by atoms with Crippen LogP contribution in [0.1, 0.15) is 57.6 Å². The van der Waals surface area contributed by atoms with E-state index in [0.717, 1.165) is 12.0 Å². The highest BCUT2D eigenvalue weighted by molar-refractivity contribution is 6.49. The molecule has 4 nitrogen and oxygen atoms in total. The van der Waals surface area contributed by atoms with Gasteiger partial charge in [0.1, 0.15) is 11.5 Å². The van der Waals surface area contributed by atoms with Crippen molar-refractivity contribution in [2.45, 2.75) is 33.1 Å². The number of fused-ring (bicyclic) bond motifs is 1. The van der Waals surface area contributed by atoms with Crippen molar-refractivity contribution in [2.24, 2.45) is 0 Å². The number of ketones is 2. The number of methoxy groups -OCH3 is 1. The lowest BCUT2D eigenvalue weighted by Crippen LogP contribution is -2.19. The summed E-state index contributed by atoms with van der Waals surface area (Å²) in [5, 5.41) is 0.457. The minimum Gasteiger partial charge on any atom is -0.495 e. The Bertz CT molecular complexity index is 938. The van der Waals surface area contributed by atoms with Gasteiger partial charge in [0.05, 0.1) is 22.7 Å². The van der Waals surface area contributed by atoms with E-state index in [0.29, 0.717) is 46.1 Å². The number of ether oxygens (including phenoxy) is 1. The van der Waals surface area contributed by atoms with Crippen LogP contribution in [0.4, 0.5) is 0 Å². The summed E-state index contributed by atoms with van der Waals surface area (Å²) >= 11 is 12.3. The topological polar surface area (TPSA) is 56.5 Å². The third-order valence-corrected chi connectivity index (χ3v) is 5.19. The van der Waals surface area contributed by atoms with Crippen molar-refractivity contribution in [2.75, 3.05) is 7.11 Å². The normalized spacial score (nSPS) is 14.0. The van der Waals surface area contributed by atoms with Crippen molar-refractivity contribution in [1.82, 2.24) is 0 Å². The van der Waals surface area contributed by atoms with E-state index in [4.69, 9.17) is 32.4 Å². The molecule has 26 heavy (non-hydrogen) atoms. The van der Waals surface area contributed by atoms with Gasteiger partial charge < -0.3 is 9.15 Å². The van der Waals surface area contributed by atoms with Crippen LogP contribution in [0.2, 0.25) is 5.02 Å². The Balaban J connectivity index is 1.99. The Kier molecular flexibility index (Phi) is 5.26. The van der Waals surface area contributed by atoms with Crippen LogP contribution >= 0.6 is 23.2 Å². The van der Waals surface area contributed by atoms with Gasteiger partial charge in [0.2, 0.25) is 5.78 Å². The van der Waals surface area contributed by atoms with Gasteiger partial charge in [-0.3, -0.25) is 9.59 Å². The van der Waals surface area contributed by atoms with E-state index in [1.807, 2.05) is 13.0 Å². The molecule has 1 aromatic carbocycles. The molecule has 136 valence electrons. The summed E-state index contributed by atoms with van der Waals surface area (Å²) in [6.07, 6.45) is 1.61. The molecule has 0 N–H and O–H groups in total. The molecule has 0 fully saturated rings. The zero-order valence-electron chi connectivity index (χ0n) is 14.7. The fraction of sp³-hybridized carbons (Fsp3) is 0.300. The maximum absolute atomic E-state index is 12.8. The molecule has 0 atom stereocenters. The number of rotatable bonds is 5. The van der Waals surface area contributed by atoms with Crippen LogP contribution < -0.4 is 4.74 Å². The van der Waals surface area contributed by atoms with Crippen molar-refractivity contribution in [3.63, 3.8) is 0 Å². The number of carbonyl (C=O) groups excluding carboxylic acids is 2. The number of allylic oxidation sites excluding steroid dienone is 2. The van der Waals surface area contributed by atoms with E-state index < -0.39 is 5.78 Å². The SMILES string of the molecule is CCCC1=C(Cl)C(=O)c2oc(Cc3ccc(OC)c(Cl)c3)c(C)c2C1=O. The van der Waals surface area contributed by atoms with E-state index in [2.05, 4.69) is 0 Å². The fourth-order valence-corrected chi connectivity index (χ4v) is 3.67. The minimum atomic E-state index is -0.424. The van der Waals surface area contributed by atoms with Gasteiger partial charge in [0.15, 0.2) is 11.5 Å². The molecule has 1 aromatic heterocycles. The molecule has 0 saturated carbocycles. The van der Waals surface area contributed by atoms with Gasteiger partial charge in [0, 0.05) is 17.6 Å². The van der Waals surface area contributed by atoms with Gasteiger partial charge in [-0.25, -0.2) is 0 Å². The summed E-state index contributed by atoms with van der Waals surface area (Å²) in [5.41, 5.74) is 2.26. The molecule has 0 amide bonds. The Hall–Kier alpha value is -2.04. The molecule has 2 aromatic rings. The Morgan fingerprint density at radius 1 is 1.15 bits per heavy atom. The van der Waals surface area contributed by atoms with E-state index in [-0.39, 0.29) is 16.6 Å². The van der Waals surface area contributed by atoms with Crippen LogP contribution in [-0.2, 0) is 6.42 Å². The quantitative estimate of drug-likeness (QED) is 0.672. The second kappa shape index (κ2) is 7.29. The number of halogens is 2. The first-order valence-corrected chi connectivity index (χ1v) is 9.07. The van der Waals surface area contributed by atoms with Crippen LogP contribution in [0.3, 0.4) is 0 Å². The minimum absolute atomic E-state index is 0.0304. The third-order valence-electron chi connectivity index (χ3n) is 4.50. The molecule has 1 aliphatic rings. The molecule has 0 radical (unpaired) electrons. The first-order chi connectivity index (χ1) is 12.4. The molecule has 1 aliphatic carbocycles. The monoisotopic (exact) mass is 392 g/mol. The first kappa shape index (κ1) is 18.7. The molecule has 0 spiro atoms. The van der Waals surface area contributed by atoms with Gasteiger partial charge in [-0.15, -0.1) is 0 Å². The number of hydrogen-bond acceptors (Lipinski definition) is 4. The summed E-state index contributed by atoms with van der Waals surface area (Å²) in [4.78, 5) is 25.3. The largest absolute Gasteiger partial charge is 0.495 e. The second-order valence-electron chi connectivity index (χ2n) is 6.20. The Labute approximate surface area is 161 Å². The summed E-state index contributed by atoms with van der Waals surface area (Å²) < 4.78 is 10.9. The van der Waals surface area contributed by atoms with Gasteiger partial charge >= 0.3 is 0 Å². The highest BCUT2D eigenvalue weighted by atomic mass is 35.5. The molecule has 1 heterocycles. The van der Waals surface area contributed by atoms with Crippen molar-refractivity contribution < 1.29 is 18.7 Å². The number of benzene rings is 1. The number of furan rings is 1. The summed E-state index contributed by atoms with van der Waals surface area (Å²) in [5.74, 6) is 0.530. The van der Waals surface area contributed by atoms with E-state index >= 15 is 0 Å². The zero-order valence-corrected chi connectivity index (χ0v) is 16.3. The maximum Gasteiger partial charge on any atom is 0.240 e. The molecule has 0 bridgehead atoms. The lowest BCUT2D eigenvalue weighted by Gasteiger charge is -2.13. The van der Waals surface area contributed by atoms with Crippen LogP contribution in [0, 0.1) is 6.92 Å². The van der Waals surface area contributed by atoms with Crippen LogP contribution in [0.15, 0.2) is 33.2 Å². The average molecular weight is 393 g/mol. The average Bonchev–Trinajstić information content (AvgIpc) is 2.94. The molecule has 0 aliphatic heterocycles. The number of Topliss-reactive ketones (excluding diaryl/α,β-unsaturated/α-hetero) is 2. The van der Waals surface area contributed by atoms with Gasteiger partial charge in [-0.05, 0) is 31.0 Å². The van der Waals surface area contributed by atoms with Crippen molar-refractivity contribution in [3.8, 4) is 5.75 Å². The second-order valence-corrected chi connectivity index (χ2v) is 6.99. The summed E-state index contributed by atoms with van der Waals surface area (Å²) in [6, 6.07) is 5.41. The molecular weight excluding hydrogens is 375 g/mol. The summed E-state index contributed by atoms with van der Waals surface area (Å²) in [6.45, 7) is 3.72. The molecule has 0 saturated heterocycles. The Morgan fingerprint density at radius 3 is 2.50 bits per heavy atom. The highest BCUT2D eigenvalue weighted by Crippen LogP contribution is 2.36. The predicted molar refractivity (Wildman–Crippen MR) is 101 cm³/mol. The molecule has 0 unspecified atom stereocenters.